The first-order chi connectivity index (χ1) is 7.99. The van der Waals surface area contributed by atoms with E-state index in [1.54, 1.807) is 18.2 Å². The van der Waals surface area contributed by atoms with Gasteiger partial charge in [-0.1, -0.05) is 13.0 Å². The Balaban J connectivity index is 3.29. The summed E-state index contributed by atoms with van der Waals surface area (Å²) in [5.74, 6) is -0.436. The number of para-hydroxylation sites is 1. The van der Waals surface area contributed by atoms with E-state index in [4.69, 9.17) is 11.5 Å². The number of benzene rings is 1. The van der Waals surface area contributed by atoms with Crippen molar-refractivity contribution in [2.75, 3.05) is 17.2 Å². The largest absolute Gasteiger partial charge is 0.397 e. The van der Waals surface area contributed by atoms with Crippen molar-refractivity contribution in [2.24, 2.45) is 5.73 Å². The molecule has 1 amide bonds. The van der Waals surface area contributed by atoms with Gasteiger partial charge in [-0.05, 0) is 32.4 Å². The van der Waals surface area contributed by atoms with Crippen molar-refractivity contribution in [3.63, 3.8) is 0 Å². The van der Waals surface area contributed by atoms with E-state index >= 15 is 0 Å². The second-order valence-electron chi connectivity index (χ2n) is 4.39. The van der Waals surface area contributed by atoms with Crippen molar-refractivity contribution in [1.29, 1.82) is 0 Å². The number of anilines is 2. The van der Waals surface area contributed by atoms with Crippen molar-refractivity contribution in [2.45, 2.75) is 33.2 Å². The van der Waals surface area contributed by atoms with Crippen LogP contribution < -0.4 is 16.4 Å². The topological polar surface area (TPSA) is 72.3 Å². The number of hydrogen-bond acceptors (Lipinski definition) is 3. The van der Waals surface area contributed by atoms with Crippen LogP contribution >= 0.6 is 0 Å². The summed E-state index contributed by atoms with van der Waals surface area (Å²) in [6.07, 6.45) is 0.991. The maximum atomic E-state index is 11.4. The summed E-state index contributed by atoms with van der Waals surface area (Å²) in [5.41, 5.74) is 13.2. The van der Waals surface area contributed by atoms with E-state index in [0.29, 0.717) is 11.3 Å². The Hall–Kier alpha value is -1.71. The van der Waals surface area contributed by atoms with E-state index in [1.165, 1.54) is 0 Å². The molecule has 17 heavy (non-hydrogen) atoms. The maximum Gasteiger partial charge on any atom is 0.250 e. The van der Waals surface area contributed by atoms with Crippen LogP contribution in [-0.4, -0.2) is 18.5 Å². The number of amides is 1. The summed E-state index contributed by atoms with van der Waals surface area (Å²) in [4.78, 5) is 13.6. The van der Waals surface area contributed by atoms with Crippen LogP contribution in [0.1, 0.15) is 37.6 Å². The number of carbonyl (C=O) groups excluding carboxylic acids is 1. The SMILES string of the molecule is CCCN(c1c(N)cccc1C(N)=O)C(C)C. The van der Waals surface area contributed by atoms with E-state index in [0.717, 1.165) is 18.7 Å². The average Bonchev–Trinajstić information content (AvgIpc) is 2.25. The first-order valence-electron chi connectivity index (χ1n) is 5.94. The molecule has 0 aliphatic carbocycles. The third-order valence-electron chi connectivity index (χ3n) is 2.71. The molecule has 0 aromatic heterocycles. The van der Waals surface area contributed by atoms with Gasteiger partial charge in [0.1, 0.15) is 0 Å². The number of nitrogens with zero attached hydrogens (tertiary/aromatic N) is 1. The molecule has 0 saturated heterocycles. The summed E-state index contributed by atoms with van der Waals surface area (Å²) >= 11 is 0. The van der Waals surface area contributed by atoms with Crippen LogP contribution in [-0.2, 0) is 0 Å². The second-order valence-corrected chi connectivity index (χ2v) is 4.39. The van der Waals surface area contributed by atoms with Crippen molar-refractivity contribution < 1.29 is 4.79 Å². The van der Waals surface area contributed by atoms with Gasteiger partial charge in [0.15, 0.2) is 0 Å². The zero-order chi connectivity index (χ0) is 13.0. The monoisotopic (exact) mass is 235 g/mol. The smallest absolute Gasteiger partial charge is 0.250 e. The highest BCUT2D eigenvalue weighted by molar-refractivity contribution is 6.01. The van der Waals surface area contributed by atoms with Gasteiger partial charge < -0.3 is 16.4 Å². The van der Waals surface area contributed by atoms with Crippen LogP contribution in [0.15, 0.2) is 18.2 Å². The molecular formula is C13H21N3O. The van der Waals surface area contributed by atoms with Crippen LogP contribution in [0, 0.1) is 0 Å². The molecule has 0 bridgehead atoms. The highest BCUT2D eigenvalue weighted by Crippen LogP contribution is 2.29. The third kappa shape index (κ3) is 2.90. The molecule has 0 aliphatic heterocycles. The van der Waals surface area contributed by atoms with E-state index in [1.807, 2.05) is 0 Å². The molecular weight excluding hydrogens is 214 g/mol. The Labute approximate surface area is 103 Å². The van der Waals surface area contributed by atoms with Gasteiger partial charge in [-0.2, -0.15) is 0 Å². The van der Waals surface area contributed by atoms with Gasteiger partial charge in [0.25, 0.3) is 5.91 Å². The summed E-state index contributed by atoms with van der Waals surface area (Å²) in [7, 11) is 0. The molecule has 0 fully saturated rings. The molecule has 4 N–H and O–H groups in total. The van der Waals surface area contributed by atoms with E-state index in [9.17, 15) is 4.79 Å². The molecule has 1 aromatic carbocycles. The van der Waals surface area contributed by atoms with Gasteiger partial charge in [0.05, 0.1) is 16.9 Å². The summed E-state index contributed by atoms with van der Waals surface area (Å²) in [5, 5.41) is 0. The Morgan fingerprint density at radius 3 is 2.53 bits per heavy atom. The fourth-order valence-electron chi connectivity index (χ4n) is 1.95. The molecule has 94 valence electrons. The predicted octanol–water partition coefficient (Wildman–Crippen LogP) is 1.99. The average molecular weight is 235 g/mol. The zero-order valence-electron chi connectivity index (χ0n) is 10.7. The Morgan fingerprint density at radius 2 is 2.06 bits per heavy atom. The normalized spacial score (nSPS) is 10.6. The molecule has 0 spiro atoms. The minimum atomic E-state index is -0.436. The Kier molecular flexibility index (Phi) is 4.37. The van der Waals surface area contributed by atoms with E-state index < -0.39 is 5.91 Å². The van der Waals surface area contributed by atoms with Crippen molar-refractivity contribution >= 4 is 17.3 Å². The van der Waals surface area contributed by atoms with Gasteiger partial charge in [-0.15, -0.1) is 0 Å². The molecule has 0 aliphatic rings. The number of nitrogens with two attached hydrogens (primary N) is 2. The van der Waals surface area contributed by atoms with Crippen molar-refractivity contribution in [3.05, 3.63) is 23.8 Å². The Morgan fingerprint density at radius 1 is 1.41 bits per heavy atom. The van der Waals surface area contributed by atoms with Gasteiger partial charge in [0, 0.05) is 12.6 Å². The first-order valence-corrected chi connectivity index (χ1v) is 5.94. The van der Waals surface area contributed by atoms with Crippen LogP contribution in [0.4, 0.5) is 11.4 Å². The first kappa shape index (κ1) is 13.4. The number of primary amides is 1. The molecule has 4 heteroatoms. The maximum absolute atomic E-state index is 11.4. The van der Waals surface area contributed by atoms with E-state index in [-0.39, 0.29) is 6.04 Å². The molecule has 0 saturated carbocycles. The fourth-order valence-corrected chi connectivity index (χ4v) is 1.95. The molecule has 4 nitrogen and oxygen atoms in total. The Bertz CT molecular complexity index is 402. The highest BCUT2D eigenvalue weighted by Gasteiger charge is 2.19. The van der Waals surface area contributed by atoms with Crippen LogP contribution in [0.25, 0.3) is 0 Å². The molecule has 0 unspecified atom stereocenters. The fraction of sp³-hybridized carbons (Fsp3) is 0.462. The van der Waals surface area contributed by atoms with Crippen LogP contribution in [0.2, 0.25) is 0 Å². The number of carbonyl (C=O) groups is 1. The number of hydrogen-bond donors (Lipinski definition) is 2. The second kappa shape index (κ2) is 5.57. The summed E-state index contributed by atoms with van der Waals surface area (Å²) < 4.78 is 0. The van der Waals surface area contributed by atoms with E-state index in [2.05, 4.69) is 25.7 Å². The van der Waals surface area contributed by atoms with Gasteiger partial charge in [-0.25, -0.2) is 0 Å². The standard InChI is InChI=1S/C13H21N3O/c1-4-8-16(9(2)3)12-10(13(15)17)6-5-7-11(12)14/h5-7,9H,4,8,14H2,1-3H3,(H2,15,17). The van der Waals surface area contributed by atoms with Gasteiger partial charge in [0.2, 0.25) is 0 Å². The minimum absolute atomic E-state index is 0.276. The highest BCUT2D eigenvalue weighted by atomic mass is 16.1. The summed E-state index contributed by atoms with van der Waals surface area (Å²) in [6.45, 7) is 7.10. The van der Waals surface area contributed by atoms with Crippen LogP contribution in [0.3, 0.4) is 0 Å². The lowest BCUT2D eigenvalue weighted by Gasteiger charge is -2.31. The molecule has 0 atom stereocenters. The predicted molar refractivity (Wildman–Crippen MR) is 72.1 cm³/mol. The number of rotatable bonds is 5. The van der Waals surface area contributed by atoms with Gasteiger partial charge in [-0.3, -0.25) is 4.79 Å². The molecule has 0 heterocycles. The number of nitrogen functional groups attached to an aromatic ring is 1. The quantitative estimate of drug-likeness (QED) is 0.767. The third-order valence-corrected chi connectivity index (χ3v) is 2.71. The summed E-state index contributed by atoms with van der Waals surface area (Å²) in [6, 6.07) is 5.55. The zero-order valence-corrected chi connectivity index (χ0v) is 10.7. The van der Waals surface area contributed by atoms with Crippen LogP contribution in [0.5, 0.6) is 0 Å². The molecule has 0 radical (unpaired) electrons. The lowest BCUT2D eigenvalue weighted by Crippen LogP contribution is -2.34. The lowest BCUT2D eigenvalue weighted by atomic mass is 10.1. The van der Waals surface area contributed by atoms with Crippen molar-refractivity contribution in [3.8, 4) is 0 Å². The lowest BCUT2D eigenvalue weighted by molar-refractivity contribution is 0.100. The van der Waals surface area contributed by atoms with Gasteiger partial charge >= 0.3 is 0 Å². The minimum Gasteiger partial charge on any atom is -0.397 e. The van der Waals surface area contributed by atoms with Crippen molar-refractivity contribution in [1.82, 2.24) is 0 Å². The molecule has 1 aromatic rings. The molecule has 1 rings (SSSR count).